The number of hydrogen-bond donors (Lipinski definition) is 1. The molecule has 3 aromatic rings. The van der Waals surface area contributed by atoms with E-state index in [2.05, 4.69) is 20.9 Å². The summed E-state index contributed by atoms with van der Waals surface area (Å²) in [5.74, 6) is 0.0837. The predicted molar refractivity (Wildman–Crippen MR) is 79.9 cm³/mol. The standard InChI is InChI=1S/C13H11BrFN3S/c1-7(12-3-2-4-19-12)18-11-6-9(15)8(14)5-10(11)17-13(18)16/h2-7H,1H3,(H2,16,17). The number of halogens is 2. The third-order valence-corrected chi connectivity index (χ3v) is 4.75. The van der Waals surface area contributed by atoms with Crippen molar-refractivity contribution in [2.75, 3.05) is 5.73 Å². The number of nitrogens with zero attached hydrogens (tertiary/aromatic N) is 2. The summed E-state index contributed by atoms with van der Waals surface area (Å²) in [5.41, 5.74) is 7.38. The van der Waals surface area contributed by atoms with Crippen LogP contribution in [-0.4, -0.2) is 9.55 Å². The van der Waals surface area contributed by atoms with Gasteiger partial charge in [0.1, 0.15) is 5.82 Å². The number of aromatic nitrogens is 2. The van der Waals surface area contributed by atoms with Gasteiger partial charge in [-0.05, 0) is 40.4 Å². The summed E-state index contributed by atoms with van der Waals surface area (Å²) < 4.78 is 16.0. The maximum Gasteiger partial charge on any atom is 0.201 e. The minimum absolute atomic E-state index is 0.0329. The normalized spacial score (nSPS) is 13.0. The van der Waals surface area contributed by atoms with Gasteiger partial charge in [-0.2, -0.15) is 0 Å². The van der Waals surface area contributed by atoms with Gasteiger partial charge in [-0.1, -0.05) is 6.07 Å². The fraction of sp³-hybridized carbons (Fsp3) is 0.154. The molecule has 1 unspecified atom stereocenters. The molecular weight excluding hydrogens is 329 g/mol. The second-order valence-electron chi connectivity index (χ2n) is 4.29. The van der Waals surface area contributed by atoms with Gasteiger partial charge < -0.3 is 10.3 Å². The highest BCUT2D eigenvalue weighted by molar-refractivity contribution is 9.10. The Bertz CT molecular complexity index is 736. The monoisotopic (exact) mass is 339 g/mol. The van der Waals surface area contributed by atoms with Crippen molar-refractivity contribution in [2.45, 2.75) is 13.0 Å². The molecular formula is C13H11BrFN3S. The number of fused-ring (bicyclic) bond motifs is 1. The molecule has 1 aromatic carbocycles. The van der Waals surface area contributed by atoms with Crippen LogP contribution in [0.5, 0.6) is 0 Å². The molecule has 6 heteroatoms. The highest BCUT2D eigenvalue weighted by Crippen LogP contribution is 2.31. The van der Waals surface area contributed by atoms with Gasteiger partial charge in [0.05, 0.1) is 21.5 Å². The largest absolute Gasteiger partial charge is 0.369 e. The molecule has 0 radical (unpaired) electrons. The Hall–Kier alpha value is -1.40. The summed E-state index contributed by atoms with van der Waals surface area (Å²) in [6, 6.07) is 7.18. The first-order chi connectivity index (χ1) is 9.08. The van der Waals surface area contributed by atoms with Gasteiger partial charge in [0.2, 0.25) is 5.95 Å². The van der Waals surface area contributed by atoms with Crippen molar-refractivity contribution < 1.29 is 4.39 Å². The van der Waals surface area contributed by atoms with Gasteiger partial charge in [0, 0.05) is 10.9 Å². The number of thiophene rings is 1. The number of anilines is 1. The number of nitrogens with two attached hydrogens (primary N) is 1. The summed E-state index contributed by atoms with van der Waals surface area (Å²) >= 11 is 4.81. The third kappa shape index (κ3) is 2.04. The molecule has 19 heavy (non-hydrogen) atoms. The van der Waals surface area contributed by atoms with Crippen LogP contribution < -0.4 is 5.73 Å². The van der Waals surface area contributed by atoms with Crippen LogP contribution in [0.25, 0.3) is 11.0 Å². The first-order valence-corrected chi connectivity index (χ1v) is 7.41. The Labute approximate surface area is 122 Å². The highest BCUT2D eigenvalue weighted by Gasteiger charge is 2.17. The Morgan fingerprint density at radius 2 is 2.26 bits per heavy atom. The highest BCUT2D eigenvalue weighted by atomic mass is 79.9. The predicted octanol–water partition coefficient (Wildman–Crippen LogP) is 4.19. The molecule has 0 fully saturated rings. The lowest BCUT2D eigenvalue weighted by Gasteiger charge is -2.14. The minimum Gasteiger partial charge on any atom is -0.369 e. The van der Waals surface area contributed by atoms with E-state index < -0.39 is 0 Å². The fourth-order valence-electron chi connectivity index (χ4n) is 2.17. The maximum absolute atomic E-state index is 13.7. The van der Waals surface area contributed by atoms with Crippen LogP contribution in [0.2, 0.25) is 0 Å². The lowest BCUT2D eigenvalue weighted by Crippen LogP contribution is -2.08. The molecule has 0 saturated heterocycles. The van der Waals surface area contributed by atoms with Gasteiger partial charge in [-0.25, -0.2) is 9.37 Å². The minimum atomic E-state index is -0.313. The van der Waals surface area contributed by atoms with E-state index in [9.17, 15) is 4.39 Å². The number of benzene rings is 1. The SMILES string of the molecule is CC(c1cccs1)n1c(N)nc2cc(Br)c(F)cc21. The molecule has 2 heterocycles. The quantitative estimate of drug-likeness (QED) is 0.760. The average Bonchev–Trinajstić information content (AvgIpc) is 2.97. The smallest absolute Gasteiger partial charge is 0.201 e. The topological polar surface area (TPSA) is 43.8 Å². The van der Waals surface area contributed by atoms with Gasteiger partial charge in [-0.15, -0.1) is 11.3 Å². The second kappa shape index (κ2) is 4.61. The van der Waals surface area contributed by atoms with E-state index in [0.717, 1.165) is 4.88 Å². The Morgan fingerprint density at radius 1 is 1.47 bits per heavy atom. The fourth-order valence-corrected chi connectivity index (χ4v) is 3.28. The molecule has 0 aliphatic heterocycles. The first kappa shape index (κ1) is 12.6. The number of imidazole rings is 1. The summed E-state index contributed by atoms with van der Waals surface area (Å²) in [4.78, 5) is 5.46. The van der Waals surface area contributed by atoms with E-state index in [4.69, 9.17) is 5.73 Å². The zero-order valence-corrected chi connectivity index (χ0v) is 12.5. The average molecular weight is 340 g/mol. The molecule has 2 aromatic heterocycles. The molecule has 0 aliphatic carbocycles. The molecule has 98 valence electrons. The molecule has 0 amide bonds. The molecule has 1 atom stereocenters. The summed E-state index contributed by atoms with van der Waals surface area (Å²) in [6.45, 7) is 2.03. The molecule has 0 bridgehead atoms. The van der Waals surface area contributed by atoms with E-state index in [1.165, 1.54) is 6.07 Å². The van der Waals surface area contributed by atoms with Crippen molar-refractivity contribution >= 4 is 44.2 Å². The van der Waals surface area contributed by atoms with Crippen LogP contribution >= 0.6 is 27.3 Å². The lowest BCUT2D eigenvalue weighted by molar-refractivity contribution is 0.619. The zero-order valence-electron chi connectivity index (χ0n) is 10.1. The zero-order chi connectivity index (χ0) is 13.6. The van der Waals surface area contributed by atoms with Crippen LogP contribution in [0.3, 0.4) is 0 Å². The third-order valence-electron chi connectivity index (χ3n) is 3.10. The van der Waals surface area contributed by atoms with Crippen molar-refractivity contribution in [1.82, 2.24) is 9.55 Å². The molecule has 2 N–H and O–H groups in total. The number of hydrogen-bond acceptors (Lipinski definition) is 3. The number of rotatable bonds is 2. The Kier molecular flexibility index (Phi) is 3.06. The van der Waals surface area contributed by atoms with Gasteiger partial charge in [0.25, 0.3) is 0 Å². The van der Waals surface area contributed by atoms with E-state index in [1.54, 1.807) is 17.4 Å². The van der Waals surface area contributed by atoms with E-state index in [-0.39, 0.29) is 11.9 Å². The van der Waals surface area contributed by atoms with Crippen molar-refractivity contribution in [1.29, 1.82) is 0 Å². The molecule has 0 spiro atoms. The van der Waals surface area contributed by atoms with Crippen molar-refractivity contribution in [2.24, 2.45) is 0 Å². The van der Waals surface area contributed by atoms with Crippen molar-refractivity contribution in [3.8, 4) is 0 Å². The molecule has 3 nitrogen and oxygen atoms in total. The van der Waals surface area contributed by atoms with E-state index in [0.29, 0.717) is 21.5 Å². The Morgan fingerprint density at radius 3 is 2.95 bits per heavy atom. The molecule has 0 aliphatic rings. The van der Waals surface area contributed by atoms with E-state index >= 15 is 0 Å². The number of nitrogen functional groups attached to an aromatic ring is 1. The van der Waals surface area contributed by atoms with Gasteiger partial charge in [0.15, 0.2) is 0 Å². The van der Waals surface area contributed by atoms with Crippen LogP contribution in [0.15, 0.2) is 34.1 Å². The summed E-state index contributed by atoms with van der Waals surface area (Å²) in [5, 5.41) is 2.01. The van der Waals surface area contributed by atoms with Crippen molar-refractivity contribution in [3.05, 3.63) is 44.8 Å². The molecule has 0 saturated carbocycles. The lowest BCUT2D eigenvalue weighted by atomic mass is 10.2. The van der Waals surface area contributed by atoms with Crippen molar-refractivity contribution in [3.63, 3.8) is 0 Å². The van der Waals surface area contributed by atoms with Crippen LogP contribution in [0.1, 0.15) is 17.8 Å². The first-order valence-electron chi connectivity index (χ1n) is 5.74. The van der Waals surface area contributed by atoms with E-state index in [1.807, 2.05) is 29.0 Å². The second-order valence-corrected chi connectivity index (χ2v) is 6.12. The Balaban J connectivity index is 2.23. The van der Waals surface area contributed by atoms with Crippen LogP contribution in [0, 0.1) is 5.82 Å². The summed E-state index contributed by atoms with van der Waals surface area (Å²) in [6.07, 6.45) is 0. The van der Waals surface area contributed by atoms with Gasteiger partial charge in [-0.3, -0.25) is 0 Å². The maximum atomic E-state index is 13.7. The molecule has 3 rings (SSSR count). The van der Waals surface area contributed by atoms with Crippen LogP contribution in [-0.2, 0) is 0 Å². The van der Waals surface area contributed by atoms with Crippen LogP contribution in [0.4, 0.5) is 10.3 Å². The summed E-state index contributed by atoms with van der Waals surface area (Å²) in [7, 11) is 0. The van der Waals surface area contributed by atoms with Gasteiger partial charge >= 0.3 is 0 Å².